The van der Waals surface area contributed by atoms with Crippen LogP contribution in [0.25, 0.3) is 11.3 Å². The molecule has 0 unspecified atom stereocenters. The van der Waals surface area contributed by atoms with Crippen LogP contribution in [0, 0.1) is 0 Å². The molecule has 2 aromatic carbocycles. The van der Waals surface area contributed by atoms with E-state index in [-0.39, 0.29) is 30.2 Å². The van der Waals surface area contributed by atoms with Gasteiger partial charge in [-0.15, -0.1) is 0 Å². The van der Waals surface area contributed by atoms with Crippen LogP contribution in [0.15, 0.2) is 42.5 Å². The highest BCUT2D eigenvalue weighted by Gasteiger charge is 2.27. The second kappa shape index (κ2) is 9.22. The van der Waals surface area contributed by atoms with E-state index in [0.29, 0.717) is 27.0 Å². The number of anilines is 1. The van der Waals surface area contributed by atoms with E-state index >= 15 is 0 Å². The molecule has 7 nitrogen and oxygen atoms in total. The van der Waals surface area contributed by atoms with Crippen LogP contribution in [0.3, 0.4) is 0 Å². The Kier molecular flexibility index (Phi) is 6.39. The topological polar surface area (TPSA) is 96.2 Å². The highest BCUT2D eigenvalue weighted by Crippen LogP contribution is 2.39. The number of aromatic nitrogens is 2. The zero-order chi connectivity index (χ0) is 22.8. The van der Waals surface area contributed by atoms with Crippen LogP contribution in [0.5, 0.6) is 5.75 Å². The molecule has 4 rings (SSSR count). The zero-order valence-corrected chi connectivity index (χ0v) is 18.9. The standard InChI is InChI=1S/C23H22Cl2N4O3/c1-13(30)27-16-6-8-22(31)17(10-16)20-11-21(15-3-2-4-15)29(28-20)23(32)26-12-14-5-7-18(24)19(25)9-14/h5-11,15,31H,2-4,12H2,1H3,(H,26,32)(H,27,30). The number of nitrogens with one attached hydrogen (secondary N) is 2. The molecule has 1 fully saturated rings. The van der Waals surface area contributed by atoms with Gasteiger partial charge in [-0.3, -0.25) is 4.79 Å². The van der Waals surface area contributed by atoms with Gasteiger partial charge in [-0.05, 0) is 54.8 Å². The Morgan fingerprint density at radius 1 is 1.12 bits per heavy atom. The van der Waals surface area contributed by atoms with Crippen molar-refractivity contribution < 1.29 is 14.7 Å². The number of carbonyl (C=O) groups is 2. The molecule has 166 valence electrons. The van der Waals surface area contributed by atoms with E-state index in [0.717, 1.165) is 30.5 Å². The fourth-order valence-electron chi connectivity index (χ4n) is 3.61. The molecule has 0 radical (unpaired) electrons. The molecule has 0 aliphatic heterocycles. The van der Waals surface area contributed by atoms with Gasteiger partial charge < -0.3 is 15.7 Å². The number of aromatic hydroxyl groups is 1. The third-order valence-corrected chi connectivity index (χ3v) is 6.21. The van der Waals surface area contributed by atoms with Crippen molar-refractivity contribution in [1.29, 1.82) is 0 Å². The van der Waals surface area contributed by atoms with E-state index in [1.165, 1.54) is 17.7 Å². The van der Waals surface area contributed by atoms with Gasteiger partial charge in [0.1, 0.15) is 5.75 Å². The minimum absolute atomic E-state index is 0.0140. The number of phenols is 1. The van der Waals surface area contributed by atoms with Crippen LogP contribution in [-0.2, 0) is 11.3 Å². The maximum absolute atomic E-state index is 13.0. The predicted octanol–water partition coefficient (Wildman–Crippen LogP) is 5.55. The van der Waals surface area contributed by atoms with Crippen molar-refractivity contribution in [2.45, 2.75) is 38.6 Å². The van der Waals surface area contributed by atoms with E-state index < -0.39 is 0 Å². The van der Waals surface area contributed by atoms with Crippen molar-refractivity contribution in [3.05, 3.63) is 63.8 Å². The first-order valence-corrected chi connectivity index (χ1v) is 11.0. The van der Waals surface area contributed by atoms with E-state index in [9.17, 15) is 14.7 Å². The summed E-state index contributed by atoms with van der Waals surface area (Å²) < 4.78 is 1.36. The normalized spacial score (nSPS) is 13.5. The molecular formula is C23H22Cl2N4O3. The number of carbonyl (C=O) groups excluding carboxylic acids is 2. The van der Waals surface area contributed by atoms with Crippen molar-refractivity contribution >= 4 is 40.8 Å². The Morgan fingerprint density at radius 3 is 2.56 bits per heavy atom. The quantitative estimate of drug-likeness (QED) is 0.424. The zero-order valence-electron chi connectivity index (χ0n) is 17.4. The number of benzene rings is 2. The molecule has 32 heavy (non-hydrogen) atoms. The molecule has 1 aromatic heterocycles. The van der Waals surface area contributed by atoms with Gasteiger partial charge in [0.05, 0.1) is 21.4 Å². The lowest BCUT2D eigenvalue weighted by Crippen LogP contribution is -2.31. The second-order valence-electron chi connectivity index (χ2n) is 7.81. The summed E-state index contributed by atoms with van der Waals surface area (Å²) in [6, 6.07) is 11.4. The Balaban J connectivity index is 1.62. The molecule has 0 saturated heterocycles. The second-order valence-corrected chi connectivity index (χ2v) is 8.63. The average molecular weight is 473 g/mol. The summed E-state index contributed by atoms with van der Waals surface area (Å²) in [6.07, 6.45) is 3.05. The monoisotopic (exact) mass is 472 g/mol. The molecule has 9 heteroatoms. The molecule has 2 amide bonds. The summed E-state index contributed by atoms with van der Waals surface area (Å²) in [7, 11) is 0. The van der Waals surface area contributed by atoms with Gasteiger partial charge in [-0.25, -0.2) is 4.79 Å². The van der Waals surface area contributed by atoms with Gasteiger partial charge in [0.15, 0.2) is 0 Å². The van der Waals surface area contributed by atoms with Crippen molar-refractivity contribution in [3.8, 4) is 17.0 Å². The maximum Gasteiger partial charge on any atom is 0.342 e. The minimum atomic E-state index is -0.373. The van der Waals surface area contributed by atoms with E-state index in [4.69, 9.17) is 23.2 Å². The third kappa shape index (κ3) is 4.74. The molecule has 0 bridgehead atoms. The molecule has 1 heterocycles. The Morgan fingerprint density at radius 2 is 1.91 bits per heavy atom. The van der Waals surface area contributed by atoms with E-state index in [2.05, 4.69) is 15.7 Å². The van der Waals surface area contributed by atoms with Gasteiger partial charge in [0.25, 0.3) is 0 Å². The largest absolute Gasteiger partial charge is 0.507 e. The summed E-state index contributed by atoms with van der Waals surface area (Å²) in [6.45, 7) is 1.67. The maximum atomic E-state index is 13.0. The average Bonchev–Trinajstić information content (AvgIpc) is 3.13. The SMILES string of the molecule is CC(=O)Nc1ccc(O)c(-c2cc(C3CCC3)n(C(=O)NCc3ccc(Cl)c(Cl)c3)n2)c1. The van der Waals surface area contributed by atoms with Gasteiger partial charge in [0.2, 0.25) is 5.91 Å². The summed E-state index contributed by atoms with van der Waals surface area (Å²) in [5.74, 6) is 0.0248. The van der Waals surface area contributed by atoms with Crippen LogP contribution >= 0.6 is 23.2 Å². The lowest BCUT2D eigenvalue weighted by atomic mass is 9.82. The third-order valence-electron chi connectivity index (χ3n) is 5.47. The first-order valence-electron chi connectivity index (χ1n) is 10.2. The fourth-order valence-corrected chi connectivity index (χ4v) is 3.93. The van der Waals surface area contributed by atoms with Crippen molar-refractivity contribution in [2.24, 2.45) is 0 Å². The highest BCUT2D eigenvalue weighted by atomic mass is 35.5. The number of halogens is 2. The minimum Gasteiger partial charge on any atom is -0.507 e. The molecule has 3 N–H and O–H groups in total. The number of nitrogens with zero attached hydrogens (tertiary/aromatic N) is 2. The summed E-state index contributed by atoms with van der Waals surface area (Å²) in [4.78, 5) is 24.4. The molecule has 1 aliphatic rings. The lowest BCUT2D eigenvalue weighted by Gasteiger charge is -2.25. The van der Waals surface area contributed by atoms with Crippen molar-refractivity contribution in [2.75, 3.05) is 5.32 Å². The molecular weight excluding hydrogens is 451 g/mol. The van der Waals surface area contributed by atoms with Gasteiger partial charge in [-0.2, -0.15) is 9.78 Å². The highest BCUT2D eigenvalue weighted by molar-refractivity contribution is 6.42. The van der Waals surface area contributed by atoms with Crippen LogP contribution in [-0.4, -0.2) is 26.8 Å². The lowest BCUT2D eigenvalue weighted by molar-refractivity contribution is -0.114. The summed E-state index contributed by atoms with van der Waals surface area (Å²) >= 11 is 12.0. The van der Waals surface area contributed by atoms with E-state index in [1.807, 2.05) is 6.07 Å². The summed E-state index contributed by atoms with van der Waals surface area (Å²) in [5, 5.41) is 21.3. The van der Waals surface area contributed by atoms with Crippen LogP contribution in [0.2, 0.25) is 10.0 Å². The number of hydrogen-bond donors (Lipinski definition) is 3. The van der Waals surface area contributed by atoms with Gasteiger partial charge >= 0.3 is 6.03 Å². The Labute approximate surface area is 195 Å². The number of rotatable bonds is 5. The Bertz CT molecular complexity index is 1190. The van der Waals surface area contributed by atoms with Crippen molar-refractivity contribution in [1.82, 2.24) is 15.1 Å². The molecule has 1 saturated carbocycles. The van der Waals surface area contributed by atoms with Gasteiger partial charge in [0, 0.05) is 30.6 Å². The number of phenolic OH excluding ortho intramolecular Hbond substituents is 1. The molecule has 3 aromatic rings. The molecule has 1 aliphatic carbocycles. The number of amides is 2. The van der Waals surface area contributed by atoms with Crippen molar-refractivity contribution in [3.63, 3.8) is 0 Å². The molecule has 0 spiro atoms. The smallest absolute Gasteiger partial charge is 0.342 e. The first kappa shape index (κ1) is 22.2. The van der Waals surface area contributed by atoms with Crippen LogP contribution in [0.1, 0.15) is 43.4 Å². The number of hydrogen-bond acceptors (Lipinski definition) is 4. The summed E-state index contributed by atoms with van der Waals surface area (Å²) in [5.41, 5.74) is 3.04. The molecule has 0 atom stereocenters. The van der Waals surface area contributed by atoms with Gasteiger partial charge in [-0.1, -0.05) is 35.7 Å². The fraction of sp³-hybridized carbons (Fsp3) is 0.261. The predicted molar refractivity (Wildman–Crippen MR) is 124 cm³/mol. The van der Waals surface area contributed by atoms with E-state index in [1.54, 1.807) is 30.3 Å². The van der Waals surface area contributed by atoms with Crippen LogP contribution < -0.4 is 10.6 Å². The Hall–Kier alpha value is -3.03. The van der Waals surface area contributed by atoms with Crippen LogP contribution in [0.4, 0.5) is 10.5 Å². The first-order chi connectivity index (χ1) is 15.3.